The Labute approximate surface area is 212 Å². The van der Waals surface area contributed by atoms with Crippen LogP contribution in [-0.4, -0.2) is 30.2 Å². The molecule has 3 aromatic carbocycles. The number of fused-ring (bicyclic) bond motifs is 5. The number of amides is 2. The number of aromatic nitrogens is 1. The summed E-state index contributed by atoms with van der Waals surface area (Å²) in [5.41, 5.74) is 3.48. The lowest BCUT2D eigenvalue weighted by Gasteiger charge is -2.23. The Morgan fingerprint density at radius 1 is 0.919 bits per heavy atom. The number of rotatable bonds is 4. The van der Waals surface area contributed by atoms with Crippen molar-refractivity contribution >= 4 is 23.2 Å². The first kappa shape index (κ1) is 21.4. The maximum atomic E-state index is 14.2. The summed E-state index contributed by atoms with van der Waals surface area (Å²) in [7, 11) is 0. The highest BCUT2D eigenvalue weighted by Crippen LogP contribution is 2.55. The van der Waals surface area contributed by atoms with Gasteiger partial charge in [0.2, 0.25) is 12.7 Å². The van der Waals surface area contributed by atoms with E-state index >= 15 is 0 Å². The third-order valence-corrected chi connectivity index (χ3v) is 7.09. The Morgan fingerprint density at radius 2 is 1.78 bits per heavy atom. The molecule has 4 heterocycles. The van der Waals surface area contributed by atoms with Crippen LogP contribution < -0.4 is 24.4 Å². The molecule has 4 aromatic rings. The van der Waals surface area contributed by atoms with E-state index in [1.54, 1.807) is 41.6 Å². The minimum Gasteiger partial charge on any atom is -0.491 e. The second-order valence-electron chi connectivity index (χ2n) is 9.20. The van der Waals surface area contributed by atoms with Gasteiger partial charge in [-0.2, -0.15) is 0 Å². The molecule has 1 N–H and O–H groups in total. The second-order valence-corrected chi connectivity index (χ2v) is 9.20. The van der Waals surface area contributed by atoms with Crippen molar-refractivity contribution in [2.75, 3.05) is 23.6 Å². The number of carbonyl (C=O) groups is 2. The van der Waals surface area contributed by atoms with E-state index < -0.39 is 5.41 Å². The van der Waals surface area contributed by atoms with Crippen LogP contribution in [0.25, 0.3) is 0 Å². The molecule has 0 saturated carbocycles. The zero-order chi connectivity index (χ0) is 25.0. The molecule has 3 aliphatic heterocycles. The van der Waals surface area contributed by atoms with Crippen molar-refractivity contribution in [3.05, 3.63) is 107 Å². The van der Waals surface area contributed by atoms with Crippen molar-refractivity contribution in [3.8, 4) is 17.2 Å². The Balaban J connectivity index is 1.23. The molecule has 1 unspecified atom stereocenters. The maximum Gasteiger partial charge on any atom is 0.255 e. The summed E-state index contributed by atoms with van der Waals surface area (Å²) in [6.07, 6.45) is 3.24. The number of ether oxygens (including phenoxy) is 3. The van der Waals surface area contributed by atoms with Crippen LogP contribution >= 0.6 is 0 Å². The largest absolute Gasteiger partial charge is 0.491 e. The van der Waals surface area contributed by atoms with Crippen molar-refractivity contribution in [3.63, 3.8) is 0 Å². The first-order valence-corrected chi connectivity index (χ1v) is 11.9. The Morgan fingerprint density at radius 3 is 2.65 bits per heavy atom. The van der Waals surface area contributed by atoms with Crippen LogP contribution in [0.15, 0.2) is 85.2 Å². The number of pyridine rings is 1. The Bertz CT molecular complexity index is 1570. The average Bonchev–Trinajstić information content (AvgIpc) is 3.61. The summed E-state index contributed by atoms with van der Waals surface area (Å²) in [6, 6.07) is 22.3. The molecule has 0 radical (unpaired) electrons. The van der Waals surface area contributed by atoms with Crippen LogP contribution in [0.1, 0.15) is 27.0 Å². The zero-order valence-electron chi connectivity index (χ0n) is 19.6. The number of nitrogens with zero attached hydrogens (tertiary/aromatic N) is 2. The summed E-state index contributed by atoms with van der Waals surface area (Å²) in [5.74, 6) is 1.54. The topological polar surface area (TPSA) is 90.0 Å². The molecule has 3 aliphatic rings. The molecule has 2 amide bonds. The van der Waals surface area contributed by atoms with Crippen molar-refractivity contribution in [2.45, 2.75) is 12.0 Å². The van der Waals surface area contributed by atoms with Crippen molar-refractivity contribution in [1.29, 1.82) is 0 Å². The van der Waals surface area contributed by atoms with E-state index in [-0.39, 0.29) is 25.2 Å². The summed E-state index contributed by atoms with van der Waals surface area (Å²) in [5, 5.41) is 2.85. The number of benzene rings is 3. The van der Waals surface area contributed by atoms with Gasteiger partial charge in [0.05, 0.1) is 18.4 Å². The molecule has 0 bridgehead atoms. The van der Waals surface area contributed by atoms with Crippen LogP contribution in [-0.2, 0) is 16.8 Å². The fourth-order valence-corrected chi connectivity index (χ4v) is 5.36. The zero-order valence-corrected chi connectivity index (χ0v) is 19.6. The molecule has 0 fully saturated rings. The van der Waals surface area contributed by atoms with Gasteiger partial charge in [-0.3, -0.25) is 14.6 Å². The molecule has 37 heavy (non-hydrogen) atoms. The molecule has 1 aromatic heterocycles. The smallest absolute Gasteiger partial charge is 0.255 e. The van der Waals surface area contributed by atoms with E-state index in [0.717, 1.165) is 22.4 Å². The molecular formula is C29H21N3O5. The molecule has 1 spiro atoms. The van der Waals surface area contributed by atoms with E-state index in [4.69, 9.17) is 14.2 Å². The van der Waals surface area contributed by atoms with Crippen molar-refractivity contribution in [2.24, 2.45) is 0 Å². The highest BCUT2D eigenvalue weighted by molar-refractivity contribution is 6.11. The van der Waals surface area contributed by atoms with Gasteiger partial charge in [0.1, 0.15) is 17.8 Å². The monoisotopic (exact) mass is 491 g/mol. The minimum absolute atomic E-state index is 0.0727. The van der Waals surface area contributed by atoms with Crippen LogP contribution in [0, 0.1) is 0 Å². The highest BCUT2D eigenvalue weighted by Gasteiger charge is 2.57. The van der Waals surface area contributed by atoms with Gasteiger partial charge in [-0.05, 0) is 47.5 Å². The van der Waals surface area contributed by atoms with Crippen LogP contribution in [0.4, 0.5) is 11.4 Å². The standard InChI is InChI=1S/C29H21N3O5/c33-27(31-20-7-4-10-30-14-20)19-6-3-5-18(11-19)15-32-23-9-2-1-8-21(23)29(28(32)34)16-35-24-13-26-25(12-22(24)29)36-17-37-26/h1-14H,15-17H2,(H,31,33). The van der Waals surface area contributed by atoms with Gasteiger partial charge in [-0.25, -0.2) is 0 Å². The summed E-state index contributed by atoms with van der Waals surface area (Å²) in [4.78, 5) is 32.9. The van der Waals surface area contributed by atoms with E-state index in [2.05, 4.69) is 10.3 Å². The number of hydrogen-bond donors (Lipinski definition) is 1. The van der Waals surface area contributed by atoms with Gasteiger partial charge in [0, 0.05) is 29.1 Å². The molecule has 7 rings (SSSR count). The summed E-state index contributed by atoms with van der Waals surface area (Å²) in [6.45, 7) is 0.656. The molecule has 0 aliphatic carbocycles. The number of nitrogens with one attached hydrogen (secondary N) is 1. The van der Waals surface area contributed by atoms with E-state index in [1.165, 1.54) is 0 Å². The average molecular weight is 492 g/mol. The predicted molar refractivity (Wildman–Crippen MR) is 135 cm³/mol. The SMILES string of the molecule is O=C(Nc1cccnc1)c1cccc(CN2C(=O)C3(COc4cc5c(cc43)OCO5)c3ccccc32)c1. The quantitative estimate of drug-likeness (QED) is 0.458. The lowest BCUT2D eigenvalue weighted by molar-refractivity contribution is -0.122. The second kappa shape index (κ2) is 8.09. The number of anilines is 2. The van der Waals surface area contributed by atoms with Crippen molar-refractivity contribution < 1.29 is 23.8 Å². The van der Waals surface area contributed by atoms with E-state index in [1.807, 2.05) is 48.5 Å². The van der Waals surface area contributed by atoms with Crippen molar-refractivity contribution in [1.82, 2.24) is 4.98 Å². The first-order chi connectivity index (χ1) is 18.1. The van der Waals surface area contributed by atoms with Gasteiger partial charge in [-0.1, -0.05) is 30.3 Å². The predicted octanol–water partition coefficient (Wildman–Crippen LogP) is 4.29. The number of hydrogen-bond acceptors (Lipinski definition) is 6. The highest BCUT2D eigenvalue weighted by atomic mass is 16.7. The number of para-hydroxylation sites is 1. The lowest BCUT2D eigenvalue weighted by Crippen LogP contribution is -2.42. The first-order valence-electron chi connectivity index (χ1n) is 11.9. The third-order valence-electron chi connectivity index (χ3n) is 7.09. The lowest BCUT2D eigenvalue weighted by atomic mass is 9.77. The number of carbonyl (C=O) groups excluding carboxylic acids is 2. The Hall–Kier alpha value is -4.85. The fraction of sp³-hybridized carbons (Fsp3) is 0.138. The third kappa shape index (κ3) is 3.26. The summed E-state index contributed by atoms with van der Waals surface area (Å²) < 4.78 is 17.2. The van der Waals surface area contributed by atoms with Crippen LogP contribution in [0.3, 0.4) is 0 Å². The van der Waals surface area contributed by atoms with E-state index in [0.29, 0.717) is 35.0 Å². The molecule has 8 heteroatoms. The minimum atomic E-state index is -0.970. The molecule has 182 valence electrons. The fourth-order valence-electron chi connectivity index (χ4n) is 5.36. The molecule has 1 atom stereocenters. The van der Waals surface area contributed by atoms with Crippen LogP contribution in [0.2, 0.25) is 0 Å². The Kier molecular flexibility index (Phi) is 4.69. The van der Waals surface area contributed by atoms with E-state index in [9.17, 15) is 9.59 Å². The molecule has 8 nitrogen and oxygen atoms in total. The van der Waals surface area contributed by atoms with Gasteiger partial charge < -0.3 is 24.4 Å². The summed E-state index contributed by atoms with van der Waals surface area (Å²) >= 11 is 0. The molecular weight excluding hydrogens is 470 g/mol. The molecule has 0 saturated heterocycles. The van der Waals surface area contributed by atoms with Gasteiger partial charge in [0.15, 0.2) is 11.5 Å². The van der Waals surface area contributed by atoms with Gasteiger partial charge >= 0.3 is 0 Å². The normalized spacial score (nSPS) is 18.5. The maximum absolute atomic E-state index is 14.2. The van der Waals surface area contributed by atoms with Gasteiger partial charge in [-0.15, -0.1) is 0 Å². The van der Waals surface area contributed by atoms with Gasteiger partial charge in [0.25, 0.3) is 5.91 Å². The van der Waals surface area contributed by atoms with Crippen LogP contribution in [0.5, 0.6) is 17.2 Å².